The molecule has 0 radical (unpaired) electrons. The molecule has 5 aliphatic rings. The minimum atomic E-state index is -4.49. The number of hydrogen-bond donors (Lipinski definition) is 2. The maximum atomic E-state index is 16.7. The van der Waals surface area contributed by atoms with Crippen molar-refractivity contribution in [3.8, 4) is 11.8 Å². The van der Waals surface area contributed by atoms with Crippen molar-refractivity contribution in [1.82, 2.24) is 30.1 Å². The molecule has 354 valence electrons. The molecule has 5 fully saturated rings. The third-order valence-corrected chi connectivity index (χ3v) is 17.5. The molecule has 1 saturated carbocycles. The molecule has 15 nitrogen and oxygen atoms in total. The summed E-state index contributed by atoms with van der Waals surface area (Å²) in [6.07, 6.45) is 8.36. The Morgan fingerprint density at radius 3 is 2.54 bits per heavy atom. The van der Waals surface area contributed by atoms with Gasteiger partial charge in [-0.3, -0.25) is 33.6 Å². The summed E-state index contributed by atoms with van der Waals surface area (Å²) in [5.74, 6) is -4.26. The first kappa shape index (κ1) is 46.9. The van der Waals surface area contributed by atoms with Crippen molar-refractivity contribution in [2.24, 2.45) is 5.92 Å². The molecule has 1 aliphatic carbocycles. The Labute approximate surface area is 393 Å². The summed E-state index contributed by atoms with van der Waals surface area (Å²) in [7, 11) is -4.49. The molecular weight excluding hydrogens is 897 g/mol. The lowest BCUT2D eigenvalue weighted by Crippen LogP contribution is -2.59. The van der Waals surface area contributed by atoms with E-state index in [4.69, 9.17) is 14.0 Å². The number of benzene rings is 2. The van der Waals surface area contributed by atoms with Crippen molar-refractivity contribution < 1.29 is 42.1 Å². The molecule has 4 aromatic rings. The highest BCUT2D eigenvalue weighted by Gasteiger charge is 2.64. The molecule has 18 heteroatoms. The number of thiophene rings is 1. The van der Waals surface area contributed by atoms with Gasteiger partial charge in [-0.2, -0.15) is 5.26 Å². The monoisotopic (exact) mass is 953 g/mol. The number of hydrogen-bond acceptors (Lipinski definition) is 12. The lowest BCUT2D eigenvalue weighted by atomic mass is 9.85. The molecule has 3 amide bonds. The van der Waals surface area contributed by atoms with E-state index in [2.05, 4.69) is 26.4 Å². The second-order valence-electron chi connectivity index (χ2n) is 18.4. The van der Waals surface area contributed by atoms with E-state index < -0.39 is 49.0 Å². The van der Waals surface area contributed by atoms with Crippen LogP contribution in [0.3, 0.4) is 0 Å². The lowest BCUT2D eigenvalue weighted by molar-refractivity contribution is -0.148. The Bertz CT molecular complexity index is 2550. The zero-order valence-electron chi connectivity index (χ0n) is 37.8. The average Bonchev–Trinajstić information content (AvgIpc) is 3.67. The number of likely N-dealkylation sites (tertiary alicyclic amines) is 1. The molecule has 4 aliphatic heterocycles. The Kier molecular flexibility index (Phi) is 13.8. The zero-order valence-corrected chi connectivity index (χ0v) is 39.5. The maximum absolute atomic E-state index is 16.7. The Balaban J connectivity index is 0.961. The van der Waals surface area contributed by atoms with E-state index in [1.54, 1.807) is 59.8 Å². The number of carbonyl (C=O) groups is 4. The number of para-hydroxylation sites is 1. The molecule has 2 N–H and O–H groups in total. The summed E-state index contributed by atoms with van der Waals surface area (Å²) in [6, 6.07) is 17.8. The van der Waals surface area contributed by atoms with Crippen molar-refractivity contribution >= 4 is 52.6 Å². The van der Waals surface area contributed by atoms with Crippen LogP contribution in [0.25, 0.3) is 10.1 Å². The molecule has 9 rings (SSSR count). The number of amides is 3. The van der Waals surface area contributed by atoms with Gasteiger partial charge in [0.05, 0.1) is 42.2 Å². The topological polar surface area (TPSA) is 183 Å². The van der Waals surface area contributed by atoms with Crippen LogP contribution in [0.4, 0.5) is 4.39 Å². The molecule has 0 bridgehead atoms. The van der Waals surface area contributed by atoms with Crippen LogP contribution in [-0.2, 0) is 28.4 Å². The van der Waals surface area contributed by atoms with Gasteiger partial charge >= 0.3 is 13.5 Å². The van der Waals surface area contributed by atoms with E-state index in [0.717, 1.165) is 31.5 Å². The molecule has 4 saturated heterocycles. The average molecular weight is 954 g/mol. The number of fused-ring (bicyclic) bond motifs is 2. The van der Waals surface area contributed by atoms with Gasteiger partial charge in [-0.25, -0.2) is 9.48 Å². The summed E-state index contributed by atoms with van der Waals surface area (Å²) in [6.45, 7) is 6.53. The number of rotatable bonds is 14. The van der Waals surface area contributed by atoms with Crippen molar-refractivity contribution in [3.05, 3.63) is 95.1 Å². The normalized spacial score (nSPS) is 26.7. The quantitative estimate of drug-likeness (QED) is 0.0967. The van der Waals surface area contributed by atoms with E-state index in [9.17, 15) is 29.0 Å². The second kappa shape index (κ2) is 19.8. The molecule has 9 atom stereocenters. The van der Waals surface area contributed by atoms with Gasteiger partial charge in [-0.1, -0.05) is 37.3 Å². The highest BCUT2D eigenvalue weighted by molar-refractivity contribution is 7.57. The highest BCUT2D eigenvalue weighted by atomic mass is 32.1. The predicted octanol–water partition coefficient (Wildman–Crippen LogP) is 7.11. The lowest BCUT2D eigenvalue weighted by Gasteiger charge is -2.42. The number of nitriles is 1. The first-order valence-corrected chi connectivity index (χ1v) is 26.0. The van der Waals surface area contributed by atoms with Crippen LogP contribution in [0.15, 0.2) is 79.1 Å². The fourth-order valence-electron chi connectivity index (χ4n) is 10.7. The van der Waals surface area contributed by atoms with Crippen molar-refractivity contribution in [2.45, 2.75) is 113 Å². The van der Waals surface area contributed by atoms with E-state index in [0.29, 0.717) is 73.2 Å². The summed E-state index contributed by atoms with van der Waals surface area (Å²) in [5.41, 5.74) is 0.356. The Morgan fingerprint density at radius 2 is 1.82 bits per heavy atom. The van der Waals surface area contributed by atoms with Crippen LogP contribution in [0.1, 0.15) is 97.8 Å². The number of alkyl halides is 1. The summed E-state index contributed by atoms with van der Waals surface area (Å²) in [5, 5.41) is 16.6. The van der Waals surface area contributed by atoms with Crippen LogP contribution in [0, 0.1) is 17.2 Å². The fourth-order valence-corrected chi connectivity index (χ4v) is 13.6. The van der Waals surface area contributed by atoms with Gasteiger partial charge in [-0.05, 0) is 111 Å². The first-order valence-electron chi connectivity index (χ1n) is 23.4. The smallest absolute Gasteiger partial charge is 0.355 e. The van der Waals surface area contributed by atoms with Crippen molar-refractivity contribution in [2.75, 3.05) is 39.5 Å². The fraction of sp³-hybridized carbons (Fsp3) is 0.510. The number of pyridine rings is 1. The van der Waals surface area contributed by atoms with Gasteiger partial charge in [0.1, 0.15) is 23.9 Å². The number of aromatic nitrogens is 1. The summed E-state index contributed by atoms with van der Waals surface area (Å²) < 4.78 is 48.5. The molecule has 2 aromatic carbocycles. The largest absolute Gasteiger partial charge is 0.465 e. The van der Waals surface area contributed by atoms with E-state index in [-0.39, 0.29) is 53.7 Å². The third-order valence-electron chi connectivity index (χ3n) is 14.2. The van der Waals surface area contributed by atoms with Gasteiger partial charge in [0, 0.05) is 54.7 Å². The summed E-state index contributed by atoms with van der Waals surface area (Å²) in [4.78, 5) is 67.6. The van der Waals surface area contributed by atoms with Crippen LogP contribution in [-0.4, -0.2) is 119 Å². The standard InChI is InChI=1S/C49H57FN7O8PS/c1-3-22-64-48(61)31(2)54-66(62,65-37-9-5-4-6-10-37)44(50)32-11-16-42-34(25-32)26-43(67-42)45(58)53-40-14-12-35(55-20-23-63-24-21-55)27-36-13-15-41(57(36)46(40)59)47(60)56-30-38(33-8-7-19-52-29-33)39(28-51)49(56)17-18-49/h4-11,16,19,25-26,29,31,35-36,38-41,44H,3,12-15,17-18,20-24,27,30H2,1-2H3,(H,53,58)(H,54,62)/t31-,35-,36+,38+,39+,40-,41-,44+,66-/m0/s1. The number of ether oxygens (including phenoxy) is 2. The van der Waals surface area contributed by atoms with Gasteiger partial charge < -0.3 is 29.1 Å². The first-order chi connectivity index (χ1) is 32.4. The Morgan fingerprint density at radius 1 is 1.04 bits per heavy atom. The number of halogens is 1. The number of esters is 1. The van der Waals surface area contributed by atoms with Gasteiger partial charge in [0.25, 0.3) is 5.91 Å². The number of nitrogens with one attached hydrogen (secondary N) is 2. The van der Waals surface area contributed by atoms with Gasteiger partial charge in [-0.15, -0.1) is 11.3 Å². The van der Waals surface area contributed by atoms with Gasteiger partial charge in [0.15, 0.2) is 0 Å². The molecule has 0 unspecified atom stereocenters. The van der Waals surface area contributed by atoms with Crippen LogP contribution in [0.2, 0.25) is 0 Å². The second-order valence-corrected chi connectivity index (χ2v) is 21.6. The molecule has 1 spiro atoms. The number of nitrogens with zero attached hydrogens (tertiary/aromatic N) is 5. The number of morpholine rings is 1. The van der Waals surface area contributed by atoms with Gasteiger partial charge in [0.2, 0.25) is 17.7 Å². The van der Waals surface area contributed by atoms with E-state index in [1.807, 2.05) is 24.0 Å². The van der Waals surface area contributed by atoms with E-state index >= 15 is 4.39 Å². The summed E-state index contributed by atoms with van der Waals surface area (Å²) >= 11 is 1.18. The van der Waals surface area contributed by atoms with Crippen molar-refractivity contribution in [3.63, 3.8) is 0 Å². The number of carbonyl (C=O) groups excluding carboxylic acids is 4. The van der Waals surface area contributed by atoms with Crippen molar-refractivity contribution in [1.29, 1.82) is 5.26 Å². The molecule has 6 heterocycles. The highest BCUT2D eigenvalue weighted by Crippen LogP contribution is 2.59. The molecular formula is C49H57FN7O8PS. The third kappa shape index (κ3) is 9.48. The molecule has 2 aromatic heterocycles. The van der Waals surface area contributed by atoms with Crippen LogP contribution in [0.5, 0.6) is 5.75 Å². The Hall–Kier alpha value is -5.24. The molecule has 67 heavy (non-hydrogen) atoms. The SMILES string of the molecule is CCCOC(=O)[C@H](C)N[P@@](=O)(Oc1ccccc1)[C@@H](F)c1ccc2sc(C(=O)N[C@H]3CC[C@H](N4CCOCC4)C[C@H]4CC[C@@H](C(=O)N5C[C@H](c6cccnc6)[C@@H](C#N)C56CC6)N4C3=O)cc2c1. The zero-order chi connectivity index (χ0) is 46.9. The van der Waals surface area contributed by atoms with Crippen LogP contribution >= 0.6 is 18.9 Å². The minimum absolute atomic E-state index is 0.0112. The van der Waals surface area contributed by atoms with E-state index in [1.165, 1.54) is 30.4 Å². The minimum Gasteiger partial charge on any atom is -0.465 e. The van der Waals surface area contributed by atoms with Crippen LogP contribution < -0.4 is 14.9 Å². The maximum Gasteiger partial charge on any atom is 0.355 e. The predicted molar refractivity (Wildman–Crippen MR) is 249 cm³/mol.